The number of methoxy groups -OCH3 is 1. The summed E-state index contributed by atoms with van der Waals surface area (Å²) in [5, 5.41) is 10.6. The van der Waals surface area contributed by atoms with Gasteiger partial charge in [0, 0.05) is 12.0 Å². The third kappa shape index (κ3) is 3.50. The molecule has 0 aliphatic carbocycles. The Kier molecular flexibility index (Phi) is 4.71. The first-order chi connectivity index (χ1) is 10.7. The molecule has 0 saturated heterocycles. The van der Waals surface area contributed by atoms with E-state index in [2.05, 4.69) is 0 Å². The summed E-state index contributed by atoms with van der Waals surface area (Å²) in [6.45, 7) is 3.52. The molecule has 23 heavy (non-hydrogen) atoms. The third-order valence-electron chi connectivity index (χ3n) is 3.85. The quantitative estimate of drug-likeness (QED) is 0.908. The maximum Gasteiger partial charge on any atom is 0.421 e. The fourth-order valence-electron chi connectivity index (χ4n) is 2.49. The van der Waals surface area contributed by atoms with Crippen LogP contribution in [0.4, 0.5) is 13.2 Å². The standard InChI is InChI=1S/C18H19F3O2/c1-12-4-7-14(8-5-12)11-17(22,18(19,20)21)15-10-13(2)6-9-16(15)23-3/h4-10,22H,11H2,1-3H3. The number of hydrogen-bond donors (Lipinski definition) is 1. The van der Waals surface area contributed by atoms with Crippen LogP contribution in [0.5, 0.6) is 5.75 Å². The zero-order valence-electron chi connectivity index (χ0n) is 13.2. The van der Waals surface area contributed by atoms with E-state index in [9.17, 15) is 18.3 Å². The second-order valence-electron chi connectivity index (χ2n) is 5.72. The first-order valence-corrected chi connectivity index (χ1v) is 7.17. The molecule has 124 valence electrons. The largest absolute Gasteiger partial charge is 0.496 e. The number of alkyl halides is 3. The lowest BCUT2D eigenvalue weighted by molar-refractivity contribution is -0.266. The van der Waals surface area contributed by atoms with Gasteiger partial charge in [-0.25, -0.2) is 0 Å². The number of aliphatic hydroxyl groups is 1. The summed E-state index contributed by atoms with van der Waals surface area (Å²) in [6.07, 6.45) is -5.41. The van der Waals surface area contributed by atoms with Gasteiger partial charge in [-0.3, -0.25) is 0 Å². The Balaban J connectivity index is 2.56. The van der Waals surface area contributed by atoms with Crippen LogP contribution in [0.1, 0.15) is 22.3 Å². The number of halogens is 3. The Morgan fingerprint density at radius 1 is 0.957 bits per heavy atom. The summed E-state index contributed by atoms with van der Waals surface area (Å²) in [6, 6.07) is 11.0. The van der Waals surface area contributed by atoms with Crippen LogP contribution < -0.4 is 4.74 Å². The molecule has 0 aliphatic heterocycles. The molecule has 0 fully saturated rings. The van der Waals surface area contributed by atoms with E-state index in [-0.39, 0.29) is 11.3 Å². The van der Waals surface area contributed by atoms with Crippen molar-refractivity contribution in [3.05, 3.63) is 64.7 Å². The summed E-state index contributed by atoms with van der Waals surface area (Å²) in [5.74, 6) is 0.0162. The number of ether oxygens (including phenoxy) is 1. The zero-order valence-corrected chi connectivity index (χ0v) is 13.2. The first kappa shape index (κ1) is 17.3. The molecular formula is C18H19F3O2. The number of benzene rings is 2. The molecule has 0 heterocycles. The lowest BCUT2D eigenvalue weighted by atomic mass is 9.85. The van der Waals surface area contributed by atoms with Gasteiger partial charge in [-0.2, -0.15) is 13.2 Å². The highest BCUT2D eigenvalue weighted by molar-refractivity contribution is 5.43. The average molecular weight is 324 g/mol. The summed E-state index contributed by atoms with van der Waals surface area (Å²) in [7, 11) is 1.29. The fourth-order valence-corrected chi connectivity index (χ4v) is 2.49. The van der Waals surface area contributed by atoms with Crippen molar-refractivity contribution in [3.8, 4) is 5.75 Å². The maximum atomic E-state index is 13.7. The van der Waals surface area contributed by atoms with Crippen molar-refractivity contribution in [2.75, 3.05) is 7.11 Å². The van der Waals surface area contributed by atoms with Gasteiger partial charge in [0.05, 0.1) is 7.11 Å². The van der Waals surface area contributed by atoms with Crippen LogP contribution in [-0.2, 0) is 12.0 Å². The van der Waals surface area contributed by atoms with E-state index < -0.39 is 18.2 Å². The maximum absolute atomic E-state index is 13.7. The summed E-state index contributed by atoms with van der Waals surface area (Å²) in [5.41, 5.74) is -1.32. The van der Waals surface area contributed by atoms with Crippen molar-refractivity contribution >= 4 is 0 Å². The minimum Gasteiger partial charge on any atom is -0.496 e. The van der Waals surface area contributed by atoms with E-state index >= 15 is 0 Å². The molecule has 2 aromatic rings. The monoisotopic (exact) mass is 324 g/mol. The minimum atomic E-state index is -4.83. The van der Waals surface area contributed by atoms with E-state index in [1.165, 1.54) is 19.2 Å². The lowest BCUT2D eigenvalue weighted by Crippen LogP contribution is -2.44. The van der Waals surface area contributed by atoms with Gasteiger partial charge in [0.1, 0.15) is 5.75 Å². The molecule has 5 heteroatoms. The molecule has 2 rings (SSSR count). The van der Waals surface area contributed by atoms with Crippen molar-refractivity contribution in [1.82, 2.24) is 0 Å². The molecule has 0 amide bonds. The van der Waals surface area contributed by atoms with Crippen molar-refractivity contribution < 1.29 is 23.0 Å². The van der Waals surface area contributed by atoms with E-state index in [1.54, 1.807) is 37.3 Å². The molecule has 2 nitrogen and oxygen atoms in total. The Morgan fingerprint density at radius 2 is 1.52 bits per heavy atom. The second kappa shape index (κ2) is 6.24. The van der Waals surface area contributed by atoms with Gasteiger partial charge in [-0.1, -0.05) is 41.5 Å². The topological polar surface area (TPSA) is 29.5 Å². The minimum absolute atomic E-state index is 0.0162. The van der Waals surface area contributed by atoms with Gasteiger partial charge in [0.25, 0.3) is 0 Å². The molecule has 0 bridgehead atoms. The molecule has 0 aromatic heterocycles. The summed E-state index contributed by atoms with van der Waals surface area (Å²) >= 11 is 0. The highest BCUT2D eigenvalue weighted by Crippen LogP contribution is 2.45. The molecule has 1 atom stereocenters. The third-order valence-corrected chi connectivity index (χ3v) is 3.85. The Labute approximate surface area is 133 Å². The molecular weight excluding hydrogens is 305 g/mol. The highest BCUT2D eigenvalue weighted by Gasteiger charge is 2.56. The van der Waals surface area contributed by atoms with Crippen LogP contribution in [0.15, 0.2) is 42.5 Å². The summed E-state index contributed by atoms with van der Waals surface area (Å²) in [4.78, 5) is 0. The van der Waals surface area contributed by atoms with Crippen LogP contribution in [-0.4, -0.2) is 18.4 Å². The van der Waals surface area contributed by atoms with Gasteiger partial charge >= 0.3 is 6.18 Å². The summed E-state index contributed by atoms with van der Waals surface area (Å²) < 4.78 is 46.1. The second-order valence-corrected chi connectivity index (χ2v) is 5.72. The molecule has 1 N–H and O–H groups in total. The zero-order chi connectivity index (χ0) is 17.3. The van der Waals surface area contributed by atoms with Crippen molar-refractivity contribution in [2.24, 2.45) is 0 Å². The molecule has 0 saturated carbocycles. The fraction of sp³-hybridized carbons (Fsp3) is 0.333. The number of aryl methyl sites for hydroxylation is 2. The lowest BCUT2D eigenvalue weighted by Gasteiger charge is -2.32. The van der Waals surface area contributed by atoms with Crippen LogP contribution in [0.3, 0.4) is 0 Å². The molecule has 2 aromatic carbocycles. The normalized spacial score (nSPS) is 14.4. The molecule has 1 unspecified atom stereocenters. The van der Waals surface area contributed by atoms with Crippen LogP contribution in [0.25, 0.3) is 0 Å². The molecule has 0 spiro atoms. The van der Waals surface area contributed by atoms with Crippen molar-refractivity contribution in [1.29, 1.82) is 0 Å². The first-order valence-electron chi connectivity index (χ1n) is 7.17. The predicted octanol–water partition coefficient (Wildman–Crippen LogP) is 4.30. The smallest absolute Gasteiger partial charge is 0.421 e. The van der Waals surface area contributed by atoms with Gasteiger partial charge < -0.3 is 9.84 Å². The highest BCUT2D eigenvalue weighted by atomic mass is 19.4. The van der Waals surface area contributed by atoms with E-state index in [4.69, 9.17) is 4.74 Å². The van der Waals surface area contributed by atoms with Crippen LogP contribution >= 0.6 is 0 Å². The predicted molar refractivity (Wildman–Crippen MR) is 82.6 cm³/mol. The van der Waals surface area contributed by atoms with E-state index in [0.717, 1.165) is 5.56 Å². The Bertz CT molecular complexity index is 678. The number of hydrogen-bond acceptors (Lipinski definition) is 2. The van der Waals surface area contributed by atoms with E-state index in [0.29, 0.717) is 11.1 Å². The SMILES string of the molecule is COc1ccc(C)cc1C(O)(Cc1ccc(C)cc1)C(F)(F)F. The average Bonchev–Trinajstić information content (AvgIpc) is 2.48. The van der Waals surface area contributed by atoms with Gasteiger partial charge in [-0.05, 0) is 31.5 Å². The van der Waals surface area contributed by atoms with Crippen molar-refractivity contribution in [2.45, 2.75) is 32.0 Å². The molecule has 0 radical (unpaired) electrons. The molecule has 0 aliphatic rings. The van der Waals surface area contributed by atoms with Gasteiger partial charge in [-0.15, -0.1) is 0 Å². The Hall–Kier alpha value is -2.01. The van der Waals surface area contributed by atoms with Crippen molar-refractivity contribution in [3.63, 3.8) is 0 Å². The van der Waals surface area contributed by atoms with Crippen LogP contribution in [0, 0.1) is 13.8 Å². The van der Waals surface area contributed by atoms with Gasteiger partial charge in [0.15, 0.2) is 5.60 Å². The van der Waals surface area contributed by atoms with Crippen LogP contribution in [0.2, 0.25) is 0 Å². The van der Waals surface area contributed by atoms with E-state index in [1.807, 2.05) is 6.92 Å². The van der Waals surface area contributed by atoms with Gasteiger partial charge in [0.2, 0.25) is 0 Å². The Morgan fingerprint density at radius 3 is 2.04 bits per heavy atom. The number of rotatable bonds is 4.